The highest BCUT2D eigenvalue weighted by Gasteiger charge is 2.22. The van der Waals surface area contributed by atoms with Crippen molar-refractivity contribution in [1.29, 1.82) is 0 Å². The summed E-state index contributed by atoms with van der Waals surface area (Å²) in [6, 6.07) is 4.51. The van der Waals surface area contributed by atoms with Crippen LogP contribution < -0.4 is 5.32 Å². The molecule has 1 N–H and O–H groups in total. The van der Waals surface area contributed by atoms with Crippen molar-refractivity contribution in [1.82, 2.24) is 10.3 Å². The van der Waals surface area contributed by atoms with E-state index in [1.807, 2.05) is 19.9 Å². The Bertz CT molecular complexity index is 606. The van der Waals surface area contributed by atoms with Gasteiger partial charge in [-0.1, -0.05) is 13.0 Å². The number of halogens is 3. The molecule has 112 valence electrons. The molecule has 0 bridgehead atoms. The molecule has 0 saturated heterocycles. The van der Waals surface area contributed by atoms with Crippen molar-refractivity contribution in [2.45, 2.75) is 26.3 Å². The molecule has 1 aromatic heterocycles. The third-order valence-corrected chi connectivity index (χ3v) is 3.36. The Morgan fingerprint density at radius 1 is 1.19 bits per heavy atom. The average molecular weight is 294 g/mol. The zero-order chi connectivity index (χ0) is 15.4. The van der Waals surface area contributed by atoms with Crippen LogP contribution in [0.15, 0.2) is 30.5 Å². The summed E-state index contributed by atoms with van der Waals surface area (Å²) in [4.78, 5) is 4.24. The van der Waals surface area contributed by atoms with Crippen molar-refractivity contribution in [3.8, 4) is 0 Å². The second-order valence-corrected chi connectivity index (χ2v) is 4.86. The molecule has 5 heteroatoms. The molecule has 21 heavy (non-hydrogen) atoms. The first-order chi connectivity index (χ1) is 10.0. The molecule has 0 spiro atoms. The number of hydrogen-bond acceptors (Lipinski definition) is 2. The number of hydrogen-bond donors (Lipinski definition) is 1. The second-order valence-electron chi connectivity index (χ2n) is 4.86. The minimum Gasteiger partial charge on any atom is -0.310 e. The summed E-state index contributed by atoms with van der Waals surface area (Å²) in [6.07, 6.45) is 1.97. The lowest BCUT2D eigenvalue weighted by Gasteiger charge is -2.20. The summed E-state index contributed by atoms with van der Waals surface area (Å²) in [5, 5.41) is 3.03. The fraction of sp³-hybridized carbons (Fsp3) is 0.312. The molecule has 0 fully saturated rings. The molecule has 1 aromatic carbocycles. The largest absolute Gasteiger partial charge is 0.310 e. The minimum atomic E-state index is -0.919. The van der Waals surface area contributed by atoms with Crippen molar-refractivity contribution >= 4 is 0 Å². The van der Waals surface area contributed by atoms with E-state index in [0.717, 1.165) is 11.3 Å². The predicted octanol–water partition coefficient (Wildman–Crippen LogP) is 3.70. The van der Waals surface area contributed by atoms with Gasteiger partial charge in [-0.2, -0.15) is 0 Å². The standard InChI is InChI=1S/C16H17F3N2/c1-3-20-15(9-14-10(2)5-4-6-21-14)16-12(18)7-11(17)8-13(16)19/h4-8,15,20H,3,9H2,1-2H3. The van der Waals surface area contributed by atoms with Crippen LogP contribution in [0.3, 0.4) is 0 Å². The van der Waals surface area contributed by atoms with Gasteiger partial charge in [-0.05, 0) is 25.1 Å². The van der Waals surface area contributed by atoms with Gasteiger partial charge in [0.2, 0.25) is 0 Å². The molecule has 0 radical (unpaired) electrons. The number of benzene rings is 1. The van der Waals surface area contributed by atoms with Gasteiger partial charge in [0.25, 0.3) is 0 Å². The fourth-order valence-electron chi connectivity index (χ4n) is 2.33. The highest BCUT2D eigenvalue weighted by molar-refractivity contribution is 5.27. The normalized spacial score (nSPS) is 12.4. The number of aryl methyl sites for hydroxylation is 1. The van der Waals surface area contributed by atoms with Gasteiger partial charge in [0.15, 0.2) is 0 Å². The molecule has 2 aromatic rings. The van der Waals surface area contributed by atoms with E-state index in [0.29, 0.717) is 25.1 Å². The molecule has 0 amide bonds. The molecule has 1 heterocycles. The maximum absolute atomic E-state index is 13.9. The number of aromatic nitrogens is 1. The fourth-order valence-corrected chi connectivity index (χ4v) is 2.33. The predicted molar refractivity (Wildman–Crippen MR) is 75.4 cm³/mol. The summed E-state index contributed by atoms with van der Waals surface area (Å²) >= 11 is 0. The summed E-state index contributed by atoms with van der Waals surface area (Å²) in [5.74, 6) is -2.68. The lowest BCUT2D eigenvalue weighted by atomic mass is 9.98. The van der Waals surface area contributed by atoms with Crippen LogP contribution in [-0.2, 0) is 6.42 Å². The number of nitrogens with zero attached hydrogens (tertiary/aromatic N) is 1. The van der Waals surface area contributed by atoms with Gasteiger partial charge in [0.1, 0.15) is 17.5 Å². The van der Waals surface area contributed by atoms with Crippen molar-refractivity contribution in [2.24, 2.45) is 0 Å². The first-order valence-electron chi connectivity index (χ1n) is 6.81. The van der Waals surface area contributed by atoms with Crippen molar-refractivity contribution in [2.75, 3.05) is 6.54 Å². The Morgan fingerprint density at radius 2 is 1.86 bits per heavy atom. The molecule has 2 rings (SSSR count). The molecule has 1 atom stereocenters. The quantitative estimate of drug-likeness (QED) is 0.909. The molecule has 0 aliphatic carbocycles. The van der Waals surface area contributed by atoms with Crippen LogP contribution in [0.2, 0.25) is 0 Å². The van der Waals surface area contributed by atoms with Crippen molar-refractivity contribution in [3.63, 3.8) is 0 Å². The van der Waals surface area contributed by atoms with Crippen molar-refractivity contribution in [3.05, 3.63) is 64.7 Å². The Labute approximate surface area is 122 Å². The van der Waals surface area contributed by atoms with Crippen LogP contribution in [0.25, 0.3) is 0 Å². The van der Waals surface area contributed by atoms with Gasteiger partial charge < -0.3 is 5.32 Å². The number of pyridine rings is 1. The smallest absolute Gasteiger partial charge is 0.133 e. The van der Waals surface area contributed by atoms with E-state index in [9.17, 15) is 13.2 Å². The molecule has 1 unspecified atom stereocenters. The lowest BCUT2D eigenvalue weighted by molar-refractivity contribution is 0.459. The van der Waals surface area contributed by atoms with Crippen molar-refractivity contribution < 1.29 is 13.2 Å². The Balaban J connectivity index is 2.38. The molecule has 0 aliphatic heterocycles. The van der Waals surface area contributed by atoms with E-state index < -0.39 is 23.5 Å². The van der Waals surface area contributed by atoms with Gasteiger partial charge in [-0.3, -0.25) is 4.98 Å². The zero-order valence-corrected chi connectivity index (χ0v) is 12.0. The summed E-state index contributed by atoms with van der Waals surface area (Å²) in [6.45, 7) is 4.27. The van der Waals surface area contributed by atoms with Crippen LogP contribution in [0.5, 0.6) is 0 Å². The summed E-state index contributed by atoms with van der Waals surface area (Å²) in [7, 11) is 0. The molecular weight excluding hydrogens is 277 g/mol. The van der Waals surface area contributed by atoms with E-state index in [1.165, 1.54) is 0 Å². The first kappa shape index (κ1) is 15.5. The second kappa shape index (κ2) is 6.72. The van der Waals surface area contributed by atoms with E-state index in [4.69, 9.17) is 0 Å². The summed E-state index contributed by atoms with van der Waals surface area (Å²) < 4.78 is 40.9. The third kappa shape index (κ3) is 3.61. The topological polar surface area (TPSA) is 24.9 Å². The van der Waals surface area contributed by atoms with E-state index in [-0.39, 0.29) is 5.56 Å². The van der Waals surface area contributed by atoms with Crippen LogP contribution in [0, 0.1) is 24.4 Å². The zero-order valence-electron chi connectivity index (χ0n) is 12.0. The van der Waals surface area contributed by atoms with Gasteiger partial charge >= 0.3 is 0 Å². The van der Waals surface area contributed by atoms with Crippen LogP contribution in [-0.4, -0.2) is 11.5 Å². The number of rotatable bonds is 5. The number of likely N-dealkylation sites (N-methyl/N-ethyl adjacent to an activating group) is 1. The maximum atomic E-state index is 13.9. The van der Waals surface area contributed by atoms with Gasteiger partial charge in [0.05, 0.1) is 0 Å². The lowest BCUT2D eigenvalue weighted by Crippen LogP contribution is -2.26. The van der Waals surface area contributed by atoms with E-state index in [1.54, 1.807) is 12.3 Å². The van der Waals surface area contributed by atoms with E-state index >= 15 is 0 Å². The molecule has 2 nitrogen and oxygen atoms in total. The highest BCUT2D eigenvalue weighted by Crippen LogP contribution is 2.25. The number of nitrogens with one attached hydrogen (secondary N) is 1. The Kier molecular flexibility index (Phi) is 4.96. The van der Waals surface area contributed by atoms with Gasteiger partial charge in [-0.15, -0.1) is 0 Å². The van der Waals surface area contributed by atoms with Gasteiger partial charge in [0, 0.05) is 42.0 Å². The first-order valence-corrected chi connectivity index (χ1v) is 6.81. The Morgan fingerprint density at radius 3 is 2.43 bits per heavy atom. The molecule has 0 aliphatic rings. The highest BCUT2D eigenvalue weighted by atomic mass is 19.1. The van der Waals surface area contributed by atoms with Crippen LogP contribution in [0.1, 0.15) is 29.8 Å². The average Bonchev–Trinajstić information content (AvgIpc) is 2.40. The monoisotopic (exact) mass is 294 g/mol. The SMILES string of the molecule is CCNC(Cc1ncccc1C)c1c(F)cc(F)cc1F. The van der Waals surface area contributed by atoms with E-state index in [2.05, 4.69) is 10.3 Å². The minimum absolute atomic E-state index is 0.150. The molecular formula is C16H17F3N2. The van der Waals surface area contributed by atoms with Crippen LogP contribution >= 0.6 is 0 Å². The molecule has 0 saturated carbocycles. The maximum Gasteiger partial charge on any atom is 0.133 e. The third-order valence-electron chi connectivity index (χ3n) is 3.36. The van der Waals surface area contributed by atoms with Crippen LogP contribution in [0.4, 0.5) is 13.2 Å². The Hall–Kier alpha value is -1.88. The summed E-state index contributed by atoms with van der Waals surface area (Å²) in [5.41, 5.74) is 1.55. The van der Waals surface area contributed by atoms with Gasteiger partial charge in [-0.25, -0.2) is 13.2 Å².